The number of hydrogen-bond donors (Lipinski definition) is 0. The van der Waals surface area contributed by atoms with Crippen LogP contribution in [0.3, 0.4) is 0 Å². The second kappa shape index (κ2) is 7.93. The van der Waals surface area contributed by atoms with Gasteiger partial charge in [-0.3, -0.25) is 4.79 Å². The van der Waals surface area contributed by atoms with Crippen molar-refractivity contribution >= 4 is 17.5 Å². The molecule has 1 aromatic heterocycles. The van der Waals surface area contributed by atoms with Gasteiger partial charge in [0.15, 0.2) is 5.82 Å². The SMILES string of the molecule is C=CCN(Cc1ccc(Cl)cc1)C(=O)c1cccc(-c2nnnn2C)c1. The monoisotopic (exact) mass is 367 g/mol. The average molecular weight is 368 g/mol. The zero-order valence-corrected chi connectivity index (χ0v) is 15.1. The summed E-state index contributed by atoms with van der Waals surface area (Å²) in [5.41, 5.74) is 2.35. The van der Waals surface area contributed by atoms with Crippen LogP contribution in [-0.4, -0.2) is 37.6 Å². The number of hydrogen-bond acceptors (Lipinski definition) is 4. The fraction of sp³-hybridized carbons (Fsp3) is 0.158. The molecule has 1 amide bonds. The molecular formula is C19H18ClN5O. The smallest absolute Gasteiger partial charge is 0.254 e. The van der Waals surface area contributed by atoms with Crippen molar-refractivity contribution in [1.29, 1.82) is 0 Å². The Morgan fingerprint density at radius 2 is 2.04 bits per heavy atom. The van der Waals surface area contributed by atoms with Crippen LogP contribution >= 0.6 is 11.6 Å². The molecule has 7 heteroatoms. The van der Waals surface area contributed by atoms with E-state index in [0.717, 1.165) is 11.1 Å². The number of aryl methyl sites for hydroxylation is 1. The maximum Gasteiger partial charge on any atom is 0.254 e. The lowest BCUT2D eigenvalue weighted by atomic mass is 10.1. The van der Waals surface area contributed by atoms with E-state index in [9.17, 15) is 4.79 Å². The molecule has 1 heterocycles. The van der Waals surface area contributed by atoms with Gasteiger partial charge in [-0.2, -0.15) is 0 Å². The van der Waals surface area contributed by atoms with Crippen molar-refractivity contribution in [2.75, 3.05) is 6.54 Å². The second-order valence-electron chi connectivity index (χ2n) is 5.81. The van der Waals surface area contributed by atoms with Crippen LogP contribution < -0.4 is 0 Å². The zero-order chi connectivity index (χ0) is 18.5. The molecule has 3 rings (SSSR count). The molecule has 0 unspecified atom stereocenters. The van der Waals surface area contributed by atoms with Crippen molar-refractivity contribution in [2.45, 2.75) is 6.54 Å². The van der Waals surface area contributed by atoms with Crippen LogP contribution in [0.15, 0.2) is 61.2 Å². The highest BCUT2D eigenvalue weighted by atomic mass is 35.5. The Kier molecular flexibility index (Phi) is 5.43. The molecule has 26 heavy (non-hydrogen) atoms. The predicted octanol–water partition coefficient (Wildman–Crippen LogP) is 3.36. The molecule has 0 spiro atoms. The standard InChI is InChI=1S/C19H18ClN5O/c1-3-11-25(13-14-7-9-17(20)10-8-14)19(26)16-6-4-5-15(12-16)18-21-22-23-24(18)2/h3-10,12H,1,11,13H2,2H3. The van der Waals surface area contributed by atoms with Crippen LogP contribution in [0.2, 0.25) is 5.02 Å². The molecular weight excluding hydrogens is 350 g/mol. The van der Waals surface area contributed by atoms with Gasteiger partial charge in [0, 0.05) is 36.3 Å². The molecule has 0 atom stereocenters. The lowest BCUT2D eigenvalue weighted by molar-refractivity contribution is 0.0762. The molecule has 0 N–H and O–H groups in total. The molecule has 0 saturated heterocycles. The third kappa shape index (κ3) is 3.97. The summed E-state index contributed by atoms with van der Waals surface area (Å²) >= 11 is 5.93. The van der Waals surface area contributed by atoms with Gasteiger partial charge in [-0.15, -0.1) is 11.7 Å². The van der Waals surface area contributed by atoms with E-state index in [2.05, 4.69) is 22.1 Å². The van der Waals surface area contributed by atoms with Gasteiger partial charge in [-0.05, 0) is 40.3 Å². The summed E-state index contributed by atoms with van der Waals surface area (Å²) in [6.07, 6.45) is 1.71. The maximum absolute atomic E-state index is 13.0. The number of benzene rings is 2. The first-order valence-electron chi connectivity index (χ1n) is 8.06. The van der Waals surface area contributed by atoms with E-state index in [-0.39, 0.29) is 5.91 Å². The van der Waals surface area contributed by atoms with Gasteiger partial charge in [0.1, 0.15) is 0 Å². The second-order valence-corrected chi connectivity index (χ2v) is 6.24. The highest BCUT2D eigenvalue weighted by Gasteiger charge is 2.17. The summed E-state index contributed by atoms with van der Waals surface area (Å²) in [7, 11) is 1.76. The summed E-state index contributed by atoms with van der Waals surface area (Å²) in [4.78, 5) is 14.7. The molecule has 0 fully saturated rings. The van der Waals surface area contributed by atoms with Crippen LogP contribution in [0.5, 0.6) is 0 Å². The molecule has 6 nitrogen and oxygen atoms in total. The van der Waals surface area contributed by atoms with Gasteiger partial charge in [-0.1, -0.05) is 41.9 Å². The Morgan fingerprint density at radius 1 is 1.27 bits per heavy atom. The number of amides is 1. The van der Waals surface area contributed by atoms with Gasteiger partial charge >= 0.3 is 0 Å². The highest BCUT2D eigenvalue weighted by Crippen LogP contribution is 2.19. The van der Waals surface area contributed by atoms with Crippen LogP contribution in [-0.2, 0) is 13.6 Å². The van der Waals surface area contributed by atoms with E-state index in [1.807, 2.05) is 36.4 Å². The summed E-state index contributed by atoms with van der Waals surface area (Å²) in [6, 6.07) is 14.7. The summed E-state index contributed by atoms with van der Waals surface area (Å²) in [5, 5.41) is 12.1. The Balaban J connectivity index is 1.86. The first-order valence-corrected chi connectivity index (χ1v) is 8.43. The van der Waals surface area contributed by atoms with Crippen molar-refractivity contribution in [1.82, 2.24) is 25.1 Å². The molecule has 0 aliphatic heterocycles. The minimum absolute atomic E-state index is 0.0863. The Labute approximate surface area is 156 Å². The fourth-order valence-electron chi connectivity index (χ4n) is 2.63. The van der Waals surface area contributed by atoms with Crippen molar-refractivity contribution < 1.29 is 4.79 Å². The molecule has 132 valence electrons. The molecule has 0 aliphatic carbocycles. The number of carbonyl (C=O) groups excluding carboxylic acids is 1. The largest absolute Gasteiger partial charge is 0.331 e. The fourth-order valence-corrected chi connectivity index (χ4v) is 2.76. The topological polar surface area (TPSA) is 63.9 Å². The van der Waals surface area contributed by atoms with Gasteiger partial charge in [0.25, 0.3) is 5.91 Å². The predicted molar refractivity (Wildman–Crippen MR) is 101 cm³/mol. The number of carbonyl (C=O) groups is 1. The lowest BCUT2D eigenvalue weighted by Crippen LogP contribution is -2.30. The first-order chi connectivity index (χ1) is 12.6. The summed E-state index contributed by atoms with van der Waals surface area (Å²) < 4.78 is 1.57. The summed E-state index contributed by atoms with van der Waals surface area (Å²) in [5.74, 6) is 0.518. The third-order valence-corrected chi connectivity index (χ3v) is 4.16. The van der Waals surface area contributed by atoms with Gasteiger partial charge in [-0.25, -0.2) is 4.68 Å². The molecule has 0 bridgehead atoms. The number of nitrogens with zero attached hydrogens (tertiary/aromatic N) is 5. The Hall–Kier alpha value is -2.99. The molecule has 0 aliphatic rings. The number of aromatic nitrogens is 4. The lowest BCUT2D eigenvalue weighted by Gasteiger charge is -2.21. The van der Waals surface area contributed by atoms with Crippen molar-refractivity contribution in [3.05, 3.63) is 77.3 Å². The molecule has 0 saturated carbocycles. The normalized spacial score (nSPS) is 10.5. The molecule has 0 radical (unpaired) electrons. The van der Waals surface area contributed by atoms with Crippen LogP contribution in [0.4, 0.5) is 0 Å². The van der Waals surface area contributed by atoms with E-state index in [1.165, 1.54) is 0 Å². The number of tetrazole rings is 1. The van der Waals surface area contributed by atoms with E-state index in [0.29, 0.717) is 29.5 Å². The quantitative estimate of drug-likeness (QED) is 0.627. The van der Waals surface area contributed by atoms with Crippen molar-refractivity contribution in [3.8, 4) is 11.4 Å². The van der Waals surface area contributed by atoms with Crippen molar-refractivity contribution in [2.24, 2.45) is 7.05 Å². The van der Waals surface area contributed by atoms with Gasteiger partial charge in [0.2, 0.25) is 0 Å². The van der Waals surface area contributed by atoms with E-state index >= 15 is 0 Å². The zero-order valence-electron chi connectivity index (χ0n) is 14.3. The van der Waals surface area contributed by atoms with Crippen LogP contribution in [0.1, 0.15) is 15.9 Å². The number of halogens is 1. The van der Waals surface area contributed by atoms with E-state index in [4.69, 9.17) is 11.6 Å². The van der Waals surface area contributed by atoms with Gasteiger partial charge in [0.05, 0.1) is 0 Å². The molecule has 3 aromatic rings. The maximum atomic E-state index is 13.0. The van der Waals surface area contributed by atoms with Crippen LogP contribution in [0, 0.1) is 0 Å². The third-order valence-electron chi connectivity index (χ3n) is 3.91. The highest BCUT2D eigenvalue weighted by molar-refractivity contribution is 6.30. The van der Waals surface area contributed by atoms with E-state index < -0.39 is 0 Å². The minimum atomic E-state index is -0.0863. The van der Waals surface area contributed by atoms with Gasteiger partial charge < -0.3 is 4.90 Å². The summed E-state index contributed by atoms with van der Waals surface area (Å²) in [6.45, 7) is 4.67. The Morgan fingerprint density at radius 3 is 2.69 bits per heavy atom. The number of rotatable bonds is 6. The van der Waals surface area contributed by atoms with Crippen molar-refractivity contribution in [3.63, 3.8) is 0 Å². The Bertz CT molecular complexity index is 920. The van der Waals surface area contributed by atoms with Crippen LogP contribution in [0.25, 0.3) is 11.4 Å². The first kappa shape index (κ1) is 17.8. The van der Waals surface area contributed by atoms with E-state index in [1.54, 1.807) is 34.8 Å². The minimum Gasteiger partial charge on any atom is -0.331 e. The average Bonchev–Trinajstić information content (AvgIpc) is 3.08. The molecule has 2 aromatic carbocycles.